The Bertz CT molecular complexity index is 946. The zero-order valence-electron chi connectivity index (χ0n) is 16.5. The Morgan fingerprint density at radius 2 is 1.53 bits per heavy atom. The molecule has 1 aromatic rings. The summed E-state index contributed by atoms with van der Waals surface area (Å²) in [5.41, 5.74) is 1.01. The van der Waals surface area contributed by atoms with Gasteiger partial charge in [-0.15, -0.1) is 0 Å². The fourth-order valence-electron chi connectivity index (χ4n) is 5.92. The molecular weight excluding hydrogens is 397 g/mol. The number of imide groups is 1. The zero-order chi connectivity index (χ0) is 21.5. The van der Waals surface area contributed by atoms with Crippen molar-refractivity contribution >= 4 is 23.4 Å². The van der Waals surface area contributed by atoms with Gasteiger partial charge in [-0.3, -0.25) is 24.2 Å². The molecule has 8 heteroatoms. The molecule has 1 aliphatic heterocycles. The third-order valence-corrected chi connectivity index (χ3v) is 7.23. The van der Waals surface area contributed by atoms with Gasteiger partial charge in [0.2, 0.25) is 11.8 Å². The first-order valence-electron chi connectivity index (χ1n) is 10.1. The number of hydrogen-bond acceptors (Lipinski definition) is 3. The number of rotatable bonds is 3. The first-order valence-corrected chi connectivity index (χ1v) is 10.1. The van der Waals surface area contributed by atoms with E-state index in [-0.39, 0.29) is 17.5 Å². The third-order valence-electron chi connectivity index (χ3n) is 7.23. The fourth-order valence-corrected chi connectivity index (χ4v) is 5.92. The molecule has 30 heavy (non-hydrogen) atoms. The Labute approximate surface area is 171 Å². The van der Waals surface area contributed by atoms with Crippen LogP contribution in [0.1, 0.15) is 17.5 Å². The highest BCUT2D eigenvalue weighted by Crippen LogP contribution is 2.65. The van der Waals surface area contributed by atoms with E-state index in [4.69, 9.17) is 0 Å². The maximum atomic E-state index is 13.4. The van der Waals surface area contributed by atoms with E-state index in [0.717, 1.165) is 11.3 Å². The normalized spacial score (nSPS) is 33.6. The lowest BCUT2D eigenvalue weighted by atomic mass is 9.63. The van der Waals surface area contributed by atoms with E-state index in [1.165, 1.54) is 0 Å². The van der Waals surface area contributed by atoms with Gasteiger partial charge in [0.05, 0.1) is 17.5 Å². The molecule has 2 bridgehead atoms. The summed E-state index contributed by atoms with van der Waals surface area (Å²) in [6.07, 6.45) is -0.135. The molecule has 0 N–H and O–H groups in total. The van der Waals surface area contributed by atoms with Gasteiger partial charge < -0.3 is 0 Å². The minimum atomic E-state index is -5.13. The predicted molar refractivity (Wildman–Crippen MR) is 101 cm³/mol. The van der Waals surface area contributed by atoms with Crippen LogP contribution in [0.25, 0.3) is 0 Å². The van der Waals surface area contributed by atoms with Gasteiger partial charge in [0.15, 0.2) is 0 Å². The van der Waals surface area contributed by atoms with E-state index < -0.39 is 42.4 Å². The monoisotopic (exact) mass is 418 g/mol. The molecule has 5 nitrogen and oxygen atoms in total. The quantitative estimate of drug-likeness (QED) is 0.560. The van der Waals surface area contributed by atoms with Crippen LogP contribution in [0.4, 0.5) is 18.9 Å². The summed E-state index contributed by atoms with van der Waals surface area (Å²) in [4.78, 5) is 40.1. The number of likely N-dealkylation sites (tertiary alicyclic amines) is 1. The lowest BCUT2D eigenvalue weighted by Crippen LogP contribution is -2.50. The van der Waals surface area contributed by atoms with Crippen molar-refractivity contribution in [2.45, 2.75) is 26.4 Å². The van der Waals surface area contributed by atoms with Crippen LogP contribution in [-0.4, -0.2) is 35.5 Å². The molecule has 4 aliphatic carbocycles. The van der Waals surface area contributed by atoms with Crippen molar-refractivity contribution in [1.29, 1.82) is 0 Å². The highest BCUT2D eigenvalue weighted by atomic mass is 19.4. The number of alkyl halides is 3. The maximum absolute atomic E-state index is 13.4. The van der Waals surface area contributed by atoms with Crippen molar-refractivity contribution in [2.24, 2.45) is 35.5 Å². The molecule has 0 radical (unpaired) electrons. The average Bonchev–Trinajstić information content (AvgIpc) is 3.46. The van der Waals surface area contributed by atoms with Gasteiger partial charge in [0.1, 0.15) is 6.67 Å². The number of benzene rings is 1. The van der Waals surface area contributed by atoms with Gasteiger partial charge in [-0.25, -0.2) is 0 Å². The minimum Gasteiger partial charge on any atom is -0.285 e. The van der Waals surface area contributed by atoms with Crippen LogP contribution in [0.5, 0.6) is 0 Å². The number of halogens is 3. The van der Waals surface area contributed by atoms with Crippen molar-refractivity contribution in [3.63, 3.8) is 0 Å². The molecule has 0 unspecified atom stereocenters. The standard InChI is InChI=1S/C22H21F3N2O3/c1-10-4-3-5-11(2)18(10)26(21(30)22(23,24)25)9-27-19(28)16-12-6-7-13(15-8-14(12)15)17(16)20(27)29/h3-7,12-17H,8-9H2,1-2H3/t12-,13-,14-,15-,16+,17+/m0/s1. The zero-order valence-corrected chi connectivity index (χ0v) is 16.5. The predicted octanol–water partition coefficient (Wildman–Crippen LogP) is 3.21. The molecule has 3 fully saturated rings. The van der Waals surface area contributed by atoms with Crippen molar-refractivity contribution in [3.05, 3.63) is 41.5 Å². The number of amides is 3. The van der Waals surface area contributed by atoms with Gasteiger partial charge in [0.25, 0.3) is 0 Å². The fraction of sp³-hybridized carbons (Fsp3) is 0.500. The molecule has 5 aliphatic rings. The van der Waals surface area contributed by atoms with Crippen LogP contribution in [0.15, 0.2) is 30.4 Å². The highest BCUT2D eigenvalue weighted by Gasteiger charge is 2.67. The molecular formula is C22H21F3N2O3. The second-order valence-corrected chi connectivity index (χ2v) is 8.87. The number of nitrogens with zero attached hydrogens (tertiary/aromatic N) is 2. The topological polar surface area (TPSA) is 57.7 Å². The lowest BCUT2D eigenvalue weighted by Gasteiger charge is -2.37. The Balaban J connectivity index is 1.51. The average molecular weight is 418 g/mol. The first kappa shape index (κ1) is 19.3. The molecule has 1 heterocycles. The van der Waals surface area contributed by atoms with Crippen molar-refractivity contribution in [1.82, 2.24) is 4.90 Å². The van der Waals surface area contributed by atoms with Crippen molar-refractivity contribution < 1.29 is 27.6 Å². The van der Waals surface area contributed by atoms with E-state index in [2.05, 4.69) is 0 Å². The van der Waals surface area contributed by atoms with Crippen LogP contribution >= 0.6 is 0 Å². The number of para-hydroxylation sites is 1. The number of aryl methyl sites for hydroxylation is 2. The second kappa shape index (κ2) is 6.18. The molecule has 0 spiro atoms. The third kappa shape index (κ3) is 2.58. The summed E-state index contributed by atoms with van der Waals surface area (Å²) in [5.74, 6) is -3.30. The van der Waals surface area contributed by atoms with E-state index in [1.807, 2.05) is 12.2 Å². The molecule has 2 saturated carbocycles. The van der Waals surface area contributed by atoms with Gasteiger partial charge in [-0.2, -0.15) is 13.2 Å². The smallest absolute Gasteiger partial charge is 0.285 e. The molecule has 0 aromatic heterocycles. The van der Waals surface area contributed by atoms with E-state index in [1.54, 1.807) is 32.0 Å². The Kier molecular flexibility index (Phi) is 3.98. The van der Waals surface area contributed by atoms with Gasteiger partial charge >= 0.3 is 12.1 Å². The lowest BCUT2D eigenvalue weighted by molar-refractivity contribution is -0.171. The van der Waals surface area contributed by atoms with Gasteiger partial charge in [-0.1, -0.05) is 30.4 Å². The van der Waals surface area contributed by atoms with Crippen LogP contribution in [-0.2, 0) is 14.4 Å². The van der Waals surface area contributed by atoms with E-state index in [0.29, 0.717) is 27.9 Å². The summed E-state index contributed by atoms with van der Waals surface area (Å²) in [6, 6.07) is 4.88. The number of anilines is 1. The Morgan fingerprint density at radius 3 is 2.00 bits per heavy atom. The van der Waals surface area contributed by atoms with Crippen LogP contribution in [0.3, 0.4) is 0 Å². The Morgan fingerprint density at radius 1 is 1.03 bits per heavy atom. The van der Waals surface area contributed by atoms with Crippen molar-refractivity contribution in [3.8, 4) is 0 Å². The van der Waals surface area contributed by atoms with E-state index >= 15 is 0 Å². The first-order chi connectivity index (χ1) is 14.1. The number of carbonyl (C=O) groups is 3. The summed E-state index contributed by atoms with van der Waals surface area (Å²) in [6.45, 7) is 2.48. The van der Waals surface area contributed by atoms with Crippen LogP contribution in [0, 0.1) is 49.4 Å². The summed E-state index contributed by atoms with van der Waals surface area (Å²) < 4.78 is 40.2. The second-order valence-electron chi connectivity index (χ2n) is 8.87. The van der Waals surface area contributed by atoms with Gasteiger partial charge in [-0.05, 0) is 55.1 Å². The largest absolute Gasteiger partial charge is 0.471 e. The van der Waals surface area contributed by atoms with Crippen LogP contribution < -0.4 is 4.90 Å². The Hall–Kier alpha value is -2.64. The molecule has 158 valence electrons. The van der Waals surface area contributed by atoms with E-state index in [9.17, 15) is 27.6 Å². The number of hydrogen-bond donors (Lipinski definition) is 0. The maximum Gasteiger partial charge on any atom is 0.471 e. The molecule has 1 aromatic carbocycles. The molecule has 6 atom stereocenters. The van der Waals surface area contributed by atoms with Crippen molar-refractivity contribution in [2.75, 3.05) is 11.6 Å². The number of allylic oxidation sites excluding steroid dienone is 2. The van der Waals surface area contributed by atoms with Crippen LogP contribution in [0.2, 0.25) is 0 Å². The van der Waals surface area contributed by atoms with Gasteiger partial charge in [0, 0.05) is 0 Å². The highest BCUT2D eigenvalue weighted by molar-refractivity contribution is 6.08. The SMILES string of the molecule is Cc1cccc(C)c1N(CN1C(=O)[C@@H]2[C@H]3C=C[C@@H]([C@@H]4C[C@@H]34)[C@H]2C1=O)C(=O)C(F)(F)F. The molecule has 1 saturated heterocycles. The number of carbonyl (C=O) groups excluding carboxylic acids is 3. The summed E-state index contributed by atoms with van der Waals surface area (Å²) in [5, 5.41) is 0. The summed E-state index contributed by atoms with van der Waals surface area (Å²) in [7, 11) is 0. The minimum absolute atomic E-state index is 0.0292. The molecule has 3 amide bonds. The molecule has 6 rings (SSSR count). The summed E-state index contributed by atoms with van der Waals surface area (Å²) >= 11 is 0.